The van der Waals surface area contributed by atoms with Gasteiger partial charge in [-0.15, -0.1) is 0 Å². The predicted molar refractivity (Wildman–Crippen MR) is 148 cm³/mol. The molecule has 1 N–H and O–H groups in total. The summed E-state index contributed by atoms with van der Waals surface area (Å²) in [6.45, 7) is 6.68. The first-order valence-electron chi connectivity index (χ1n) is 12.4. The Hall–Kier alpha value is -3.88. The van der Waals surface area contributed by atoms with Crippen LogP contribution in [0.4, 0.5) is 5.69 Å². The number of carbonyl (C=O) groups is 1. The van der Waals surface area contributed by atoms with Crippen LogP contribution in [-0.4, -0.2) is 27.4 Å². The number of nitrogens with zero attached hydrogens (tertiary/aromatic N) is 1. The Morgan fingerprint density at radius 3 is 2.13 bits per heavy atom. The zero-order valence-electron chi connectivity index (χ0n) is 21.8. The van der Waals surface area contributed by atoms with Crippen LogP contribution < -0.4 is 14.4 Å². The van der Waals surface area contributed by atoms with Crippen molar-refractivity contribution in [3.05, 3.63) is 109 Å². The standard InChI is InChI=1S/C30H32N2O5S/c1-30(2,3)23-12-18-27(19-13-23)38(34,35)31-20-8-21-32(29(33)28-11-7-22-36-28)24-14-16-26(17-15-24)37-25-9-5-4-6-10-25/h4-7,9-19,22,31H,8,20-21H2,1-3H3. The van der Waals surface area contributed by atoms with Crippen LogP contribution in [0.5, 0.6) is 11.5 Å². The highest BCUT2D eigenvalue weighted by atomic mass is 32.2. The molecule has 38 heavy (non-hydrogen) atoms. The lowest BCUT2D eigenvalue weighted by atomic mass is 9.87. The zero-order valence-corrected chi connectivity index (χ0v) is 22.6. The number of rotatable bonds is 10. The first-order valence-corrected chi connectivity index (χ1v) is 13.9. The van der Waals surface area contributed by atoms with Gasteiger partial charge in [0, 0.05) is 18.8 Å². The molecule has 0 spiro atoms. The topological polar surface area (TPSA) is 88.9 Å². The highest BCUT2D eigenvalue weighted by Crippen LogP contribution is 2.26. The molecule has 1 amide bonds. The third kappa shape index (κ3) is 6.90. The Labute approximate surface area is 224 Å². The van der Waals surface area contributed by atoms with Crippen LogP contribution in [0.2, 0.25) is 0 Å². The smallest absolute Gasteiger partial charge is 0.293 e. The average Bonchev–Trinajstić information content (AvgIpc) is 3.44. The maximum absolute atomic E-state index is 13.2. The normalized spacial score (nSPS) is 11.8. The maximum Gasteiger partial charge on any atom is 0.293 e. The molecule has 0 saturated heterocycles. The molecule has 4 rings (SSSR count). The summed E-state index contributed by atoms with van der Waals surface area (Å²) in [5.74, 6) is 1.24. The van der Waals surface area contributed by atoms with Gasteiger partial charge < -0.3 is 14.1 Å². The van der Waals surface area contributed by atoms with Gasteiger partial charge in [-0.25, -0.2) is 13.1 Å². The van der Waals surface area contributed by atoms with E-state index in [0.717, 1.165) is 5.56 Å². The van der Waals surface area contributed by atoms with Crippen molar-refractivity contribution < 1.29 is 22.4 Å². The lowest BCUT2D eigenvalue weighted by Crippen LogP contribution is -2.34. The molecule has 0 atom stereocenters. The maximum atomic E-state index is 13.2. The summed E-state index contributed by atoms with van der Waals surface area (Å²) in [5.41, 5.74) is 1.64. The summed E-state index contributed by atoms with van der Waals surface area (Å²) in [4.78, 5) is 14.9. The molecule has 3 aromatic carbocycles. The van der Waals surface area contributed by atoms with Crippen LogP contribution in [0, 0.1) is 0 Å². The number of hydrogen-bond acceptors (Lipinski definition) is 5. The Balaban J connectivity index is 1.42. The van der Waals surface area contributed by atoms with Gasteiger partial charge in [0.05, 0.1) is 11.2 Å². The molecule has 0 aliphatic rings. The molecule has 8 heteroatoms. The van der Waals surface area contributed by atoms with Gasteiger partial charge in [-0.1, -0.05) is 51.1 Å². The Bertz CT molecular complexity index is 1430. The lowest BCUT2D eigenvalue weighted by Gasteiger charge is -2.22. The Morgan fingerprint density at radius 1 is 0.868 bits per heavy atom. The number of amides is 1. The molecule has 0 fully saturated rings. The fourth-order valence-corrected chi connectivity index (χ4v) is 4.94. The largest absolute Gasteiger partial charge is 0.459 e. The van der Waals surface area contributed by atoms with Crippen molar-refractivity contribution in [1.29, 1.82) is 0 Å². The number of furan rings is 1. The van der Waals surface area contributed by atoms with Gasteiger partial charge >= 0.3 is 0 Å². The van der Waals surface area contributed by atoms with E-state index in [2.05, 4.69) is 25.5 Å². The van der Waals surface area contributed by atoms with Crippen LogP contribution >= 0.6 is 0 Å². The molecule has 7 nitrogen and oxygen atoms in total. The highest BCUT2D eigenvalue weighted by Gasteiger charge is 2.21. The minimum Gasteiger partial charge on any atom is -0.459 e. The van der Waals surface area contributed by atoms with Crippen molar-refractivity contribution in [2.75, 3.05) is 18.0 Å². The van der Waals surface area contributed by atoms with E-state index in [-0.39, 0.29) is 35.1 Å². The van der Waals surface area contributed by atoms with Gasteiger partial charge in [0.1, 0.15) is 11.5 Å². The highest BCUT2D eigenvalue weighted by molar-refractivity contribution is 7.89. The SMILES string of the molecule is CC(C)(C)c1ccc(S(=O)(=O)NCCCN(C(=O)c2ccco2)c2ccc(Oc3ccccc3)cc2)cc1. The zero-order chi connectivity index (χ0) is 27.2. The average molecular weight is 533 g/mol. The summed E-state index contributed by atoms with van der Waals surface area (Å²) in [7, 11) is -3.67. The number of ether oxygens (including phenoxy) is 1. The van der Waals surface area contributed by atoms with Crippen LogP contribution in [0.3, 0.4) is 0 Å². The van der Waals surface area contributed by atoms with Gasteiger partial charge in [-0.2, -0.15) is 0 Å². The van der Waals surface area contributed by atoms with E-state index in [1.54, 1.807) is 53.4 Å². The number of nitrogens with one attached hydrogen (secondary N) is 1. The quantitative estimate of drug-likeness (QED) is 0.239. The molecule has 1 aromatic heterocycles. The summed E-state index contributed by atoms with van der Waals surface area (Å²) in [6, 6.07) is 26.7. The van der Waals surface area contributed by atoms with Gasteiger partial charge in [-0.3, -0.25) is 4.79 Å². The number of benzene rings is 3. The molecule has 0 radical (unpaired) electrons. The molecule has 0 unspecified atom stereocenters. The van der Waals surface area contributed by atoms with Crippen LogP contribution in [0.15, 0.2) is 107 Å². The van der Waals surface area contributed by atoms with Gasteiger partial charge in [0.15, 0.2) is 5.76 Å². The van der Waals surface area contributed by atoms with Gasteiger partial charge in [-0.05, 0) is 78.1 Å². The summed E-state index contributed by atoms with van der Waals surface area (Å²) < 4.78 is 39.4. The second kappa shape index (κ2) is 11.7. The van der Waals surface area contributed by atoms with E-state index in [1.165, 1.54) is 6.26 Å². The van der Waals surface area contributed by atoms with E-state index >= 15 is 0 Å². The second-order valence-electron chi connectivity index (χ2n) is 9.87. The van der Waals surface area contributed by atoms with E-state index in [9.17, 15) is 13.2 Å². The molecule has 0 saturated carbocycles. The predicted octanol–water partition coefficient (Wildman–Crippen LogP) is 6.38. The van der Waals surface area contributed by atoms with Crippen molar-refractivity contribution >= 4 is 21.6 Å². The van der Waals surface area contributed by atoms with E-state index in [1.807, 2.05) is 42.5 Å². The fraction of sp³-hybridized carbons (Fsp3) is 0.233. The summed E-state index contributed by atoms with van der Waals surface area (Å²) >= 11 is 0. The molecular weight excluding hydrogens is 500 g/mol. The van der Waals surface area contributed by atoms with E-state index < -0.39 is 10.0 Å². The molecule has 198 valence electrons. The van der Waals surface area contributed by atoms with Crippen LogP contribution in [-0.2, 0) is 15.4 Å². The van der Waals surface area contributed by atoms with Crippen molar-refractivity contribution in [2.24, 2.45) is 0 Å². The second-order valence-corrected chi connectivity index (χ2v) is 11.6. The van der Waals surface area contributed by atoms with Crippen LogP contribution in [0.1, 0.15) is 43.3 Å². The van der Waals surface area contributed by atoms with Gasteiger partial charge in [0.25, 0.3) is 5.91 Å². The number of para-hydroxylation sites is 1. The first kappa shape index (κ1) is 27.2. The number of hydrogen-bond donors (Lipinski definition) is 1. The Morgan fingerprint density at radius 2 is 1.53 bits per heavy atom. The van der Waals surface area contributed by atoms with Crippen molar-refractivity contribution in [1.82, 2.24) is 4.72 Å². The molecule has 1 heterocycles. The van der Waals surface area contributed by atoms with E-state index in [4.69, 9.17) is 9.15 Å². The van der Waals surface area contributed by atoms with Crippen molar-refractivity contribution in [2.45, 2.75) is 37.5 Å². The minimum absolute atomic E-state index is 0.0639. The minimum atomic E-state index is -3.67. The third-order valence-electron chi connectivity index (χ3n) is 5.99. The van der Waals surface area contributed by atoms with Crippen molar-refractivity contribution in [3.63, 3.8) is 0 Å². The van der Waals surface area contributed by atoms with Crippen molar-refractivity contribution in [3.8, 4) is 11.5 Å². The number of anilines is 1. The fourth-order valence-electron chi connectivity index (χ4n) is 3.86. The number of sulfonamides is 1. The van der Waals surface area contributed by atoms with Gasteiger partial charge in [0.2, 0.25) is 10.0 Å². The molecule has 0 aliphatic carbocycles. The molecule has 4 aromatic rings. The van der Waals surface area contributed by atoms with E-state index in [0.29, 0.717) is 23.6 Å². The molecular formula is C30H32N2O5S. The molecule has 0 bridgehead atoms. The molecule has 0 aliphatic heterocycles. The summed E-state index contributed by atoms with van der Waals surface area (Å²) in [6.07, 6.45) is 1.84. The third-order valence-corrected chi connectivity index (χ3v) is 7.46. The summed E-state index contributed by atoms with van der Waals surface area (Å²) in [5, 5.41) is 0. The monoisotopic (exact) mass is 532 g/mol. The first-order chi connectivity index (χ1) is 18.1. The lowest BCUT2D eigenvalue weighted by molar-refractivity contribution is 0.0960. The Kier molecular flexibility index (Phi) is 8.34. The number of carbonyl (C=O) groups excluding carboxylic acids is 1. The van der Waals surface area contributed by atoms with Crippen LogP contribution in [0.25, 0.3) is 0 Å².